The molecule has 1 unspecified atom stereocenters. The van der Waals surface area contributed by atoms with E-state index in [0.29, 0.717) is 41.2 Å². The van der Waals surface area contributed by atoms with Crippen LogP contribution in [-0.4, -0.2) is 24.5 Å². The highest BCUT2D eigenvalue weighted by molar-refractivity contribution is 5.99. The summed E-state index contributed by atoms with van der Waals surface area (Å²) in [6.45, 7) is 6.97. The fourth-order valence-corrected chi connectivity index (χ4v) is 5.45. The quantitative estimate of drug-likeness (QED) is 0.206. The number of hydrogen-bond acceptors (Lipinski definition) is 5. The van der Waals surface area contributed by atoms with Gasteiger partial charge in [-0.2, -0.15) is 0 Å². The van der Waals surface area contributed by atoms with Crippen LogP contribution < -0.4 is 14.9 Å². The van der Waals surface area contributed by atoms with Gasteiger partial charge in [-0.15, -0.1) is 0 Å². The Bertz CT molecular complexity index is 1560. The summed E-state index contributed by atoms with van der Waals surface area (Å²) >= 11 is 0. The number of aryl methyl sites for hydroxylation is 2. The van der Waals surface area contributed by atoms with Gasteiger partial charge in [0, 0.05) is 6.54 Å². The molecule has 1 aromatic heterocycles. The fraction of sp³-hybridized carbons (Fsp3) is 0.333. The molecule has 1 aliphatic heterocycles. The lowest BCUT2D eigenvalue weighted by atomic mass is 9.96. The van der Waals surface area contributed by atoms with E-state index in [4.69, 9.17) is 13.9 Å². The van der Waals surface area contributed by atoms with Gasteiger partial charge in [0.05, 0.1) is 30.7 Å². The van der Waals surface area contributed by atoms with Crippen molar-refractivity contribution in [3.8, 4) is 11.5 Å². The molecule has 0 saturated carbocycles. The van der Waals surface area contributed by atoms with Crippen molar-refractivity contribution in [1.82, 2.24) is 4.90 Å². The molecule has 6 nitrogen and oxygen atoms in total. The Morgan fingerprint density at radius 3 is 2.46 bits per heavy atom. The number of rotatable bonds is 10. The van der Waals surface area contributed by atoms with E-state index in [1.54, 1.807) is 12.0 Å². The zero-order valence-electron chi connectivity index (χ0n) is 23.1. The lowest BCUT2D eigenvalue weighted by molar-refractivity contribution is 0.0714. The number of fused-ring (bicyclic) bond motifs is 2. The largest absolute Gasteiger partial charge is 0.493 e. The summed E-state index contributed by atoms with van der Waals surface area (Å²) in [6, 6.07) is 18.6. The molecule has 1 aliphatic rings. The van der Waals surface area contributed by atoms with Crippen molar-refractivity contribution >= 4 is 16.9 Å². The van der Waals surface area contributed by atoms with Crippen molar-refractivity contribution in [3.05, 3.63) is 104 Å². The minimum absolute atomic E-state index is 0.107. The third-order valence-electron chi connectivity index (χ3n) is 7.35. The van der Waals surface area contributed by atoms with E-state index < -0.39 is 6.04 Å². The summed E-state index contributed by atoms with van der Waals surface area (Å²) in [4.78, 5) is 29.6. The lowest BCUT2D eigenvalue weighted by Gasteiger charge is -2.26. The van der Waals surface area contributed by atoms with Crippen LogP contribution in [-0.2, 0) is 6.54 Å². The Morgan fingerprint density at radius 1 is 0.923 bits per heavy atom. The van der Waals surface area contributed by atoms with Gasteiger partial charge in [-0.3, -0.25) is 9.59 Å². The topological polar surface area (TPSA) is 69.0 Å². The highest BCUT2D eigenvalue weighted by Crippen LogP contribution is 2.42. The van der Waals surface area contributed by atoms with Gasteiger partial charge in [0.15, 0.2) is 16.9 Å². The Labute approximate surface area is 229 Å². The van der Waals surface area contributed by atoms with Gasteiger partial charge in [0.2, 0.25) is 5.76 Å². The molecule has 0 aliphatic carbocycles. The minimum Gasteiger partial charge on any atom is -0.493 e. The van der Waals surface area contributed by atoms with Crippen LogP contribution in [0.25, 0.3) is 11.0 Å². The standard InChI is InChI=1S/C33H35NO5/c1-5-6-7-11-16-38-26-15-14-24(19-27(26)37-4)29-28-30(35)25-18-21(2)17-22(3)31(25)39-32(28)33(36)34(29)20-23-12-9-8-10-13-23/h8-10,12-15,17-19,29H,5-7,11,16,20H2,1-4H3. The number of hydrogen-bond donors (Lipinski definition) is 0. The zero-order chi connectivity index (χ0) is 27.5. The third-order valence-corrected chi connectivity index (χ3v) is 7.35. The van der Waals surface area contributed by atoms with E-state index >= 15 is 0 Å². The molecule has 3 aromatic carbocycles. The van der Waals surface area contributed by atoms with Crippen LogP contribution in [0.5, 0.6) is 11.5 Å². The molecule has 0 N–H and O–H groups in total. The second-order valence-corrected chi connectivity index (χ2v) is 10.3. The van der Waals surface area contributed by atoms with Crippen LogP contribution in [0.4, 0.5) is 0 Å². The predicted octanol–water partition coefficient (Wildman–Crippen LogP) is 7.12. The predicted molar refractivity (Wildman–Crippen MR) is 153 cm³/mol. The van der Waals surface area contributed by atoms with Crippen molar-refractivity contribution in [2.24, 2.45) is 0 Å². The number of benzene rings is 3. The van der Waals surface area contributed by atoms with Crippen molar-refractivity contribution in [1.29, 1.82) is 0 Å². The van der Waals surface area contributed by atoms with Crippen molar-refractivity contribution in [3.63, 3.8) is 0 Å². The van der Waals surface area contributed by atoms with Crippen LogP contribution in [0.1, 0.15) is 77.0 Å². The number of amides is 1. The number of unbranched alkanes of at least 4 members (excludes halogenated alkanes) is 3. The van der Waals surface area contributed by atoms with Gasteiger partial charge >= 0.3 is 0 Å². The van der Waals surface area contributed by atoms with Gasteiger partial charge in [-0.25, -0.2) is 0 Å². The summed E-state index contributed by atoms with van der Waals surface area (Å²) in [5.74, 6) is 1.03. The molecule has 6 heteroatoms. The first kappa shape index (κ1) is 26.5. The molecule has 5 rings (SSSR count). The second-order valence-electron chi connectivity index (χ2n) is 10.3. The molecule has 0 spiro atoms. The molecule has 4 aromatic rings. The van der Waals surface area contributed by atoms with E-state index in [-0.39, 0.29) is 17.1 Å². The average molecular weight is 526 g/mol. The van der Waals surface area contributed by atoms with E-state index in [2.05, 4.69) is 6.92 Å². The number of methoxy groups -OCH3 is 1. The number of ether oxygens (including phenoxy) is 2. The molecular formula is C33H35NO5. The van der Waals surface area contributed by atoms with E-state index in [9.17, 15) is 9.59 Å². The summed E-state index contributed by atoms with van der Waals surface area (Å²) in [6.07, 6.45) is 4.44. The highest BCUT2D eigenvalue weighted by atomic mass is 16.5. The van der Waals surface area contributed by atoms with Crippen LogP contribution in [0.2, 0.25) is 0 Å². The van der Waals surface area contributed by atoms with Gasteiger partial charge in [-0.05, 0) is 60.7 Å². The lowest BCUT2D eigenvalue weighted by Crippen LogP contribution is -2.29. The van der Waals surface area contributed by atoms with Crippen LogP contribution in [0, 0.1) is 13.8 Å². The summed E-state index contributed by atoms with van der Waals surface area (Å²) in [5.41, 5.74) is 4.18. The van der Waals surface area contributed by atoms with Crippen molar-refractivity contribution in [2.75, 3.05) is 13.7 Å². The minimum atomic E-state index is -0.623. The van der Waals surface area contributed by atoms with E-state index in [1.807, 2.05) is 74.5 Å². The molecule has 1 amide bonds. The molecule has 39 heavy (non-hydrogen) atoms. The first-order valence-electron chi connectivity index (χ1n) is 13.7. The normalized spacial score (nSPS) is 14.6. The van der Waals surface area contributed by atoms with Crippen LogP contribution in [0.15, 0.2) is 69.9 Å². The molecule has 0 radical (unpaired) electrons. The van der Waals surface area contributed by atoms with Gasteiger partial charge in [0.1, 0.15) is 5.58 Å². The monoisotopic (exact) mass is 525 g/mol. The molecule has 202 valence electrons. The average Bonchev–Trinajstić information content (AvgIpc) is 3.21. The van der Waals surface area contributed by atoms with Gasteiger partial charge in [-0.1, -0.05) is 68.7 Å². The molecule has 0 saturated heterocycles. The Kier molecular flexibility index (Phi) is 7.73. The molecular weight excluding hydrogens is 490 g/mol. The highest BCUT2D eigenvalue weighted by Gasteiger charge is 2.43. The second kappa shape index (κ2) is 11.4. The zero-order valence-corrected chi connectivity index (χ0v) is 23.1. The summed E-state index contributed by atoms with van der Waals surface area (Å²) < 4.78 is 17.9. The summed E-state index contributed by atoms with van der Waals surface area (Å²) in [5, 5.41) is 0.490. The molecule has 0 fully saturated rings. The Hall–Kier alpha value is -4.06. The maximum Gasteiger partial charge on any atom is 0.291 e. The van der Waals surface area contributed by atoms with Crippen LogP contribution >= 0.6 is 0 Å². The van der Waals surface area contributed by atoms with Gasteiger partial charge in [0.25, 0.3) is 5.91 Å². The third kappa shape index (κ3) is 5.16. The fourth-order valence-electron chi connectivity index (χ4n) is 5.45. The molecule has 2 heterocycles. The summed E-state index contributed by atoms with van der Waals surface area (Å²) in [7, 11) is 1.60. The molecule has 1 atom stereocenters. The maximum absolute atomic E-state index is 14.0. The first-order chi connectivity index (χ1) is 18.9. The number of carbonyl (C=O) groups is 1. The number of carbonyl (C=O) groups excluding carboxylic acids is 1. The smallest absolute Gasteiger partial charge is 0.291 e. The van der Waals surface area contributed by atoms with E-state index in [1.165, 1.54) is 12.8 Å². The SMILES string of the molecule is CCCCCCOc1ccc(C2c3c(oc4c(C)cc(C)cc4c3=O)C(=O)N2Cc2ccccc2)cc1OC. The van der Waals surface area contributed by atoms with Crippen molar-refractivity contribution < 1.29 is 18.7 Å². The van der Waals surface area contributed by atoms with Crippen LogP contribution in [0.3, 0.4) is 0 Å². The van der Waals surface area contributed by atoms with Gasteiger partial charge < -0.3 is 18.8 Å². The first-order valence-corrected chi connectivity index (χ1v) is 13.7. The van der Waals surface area contributed by atoms with E-state index in [0.717, 1.165) is 35.1 Å². The Balaban J connectivity index is 1.60. The molecule has 0 bridgehead atoms. The maximum atomic E-state index is 14.0. The number of nitrogens with zero attached hydrogens (tertiary/aromatic N) is 1. The Morgan fingerprint density at radius 2 is 1.72 bits per heavy atom. The van der Waals surface area contributed by atoms with Crippen molar-refractivity contribution in [2.45, 2.75) is 59.0 Å².